The lowest BCUT2D eigenvalue weighted by Crippen LogP contribution is -2.24. The molecule has 0 radical (unpaired) electrons. The van der Waals surface area contributed by atoms with Crippen LogP contribution in [0.15, 0.2) is 41.7 Å². The number of nitrogens with one attached hydrogen (secondary N) is 1. The number of carbonyl (C=O) groups excluding carboxylic acids is 1. The van der Waals surface area contributed by atoms with Gasteiger partial charge in [0.05, 0.1) is 5.75 Å². The minimum absolute atomic E-state index is 0.0439. The van der Waals surface area contributed by atoms with Gasteiger partial charge in [0.2, 0.25) is 5.91 Å². The van der Waals surface area contributed by atoms with Gasteiger partial charge in [-0.25, -0.2) is 9.97 Å². The number of aromatic nitrogens is 2. The molecule has 7 heteroatoms. The minimum Gasteiger partial charge on any atom is -0.351 e. The van der Waals surface area contributed by atoms with Crippen LogP contribution in [0.4, 0.5) is 0 Å². The number of carbonyl (C=O) groups is 1. The topological polar surface area (TPSA) is 54.9 Å². The lowest BCUT2D eigenvalue weighted by atomic mass is 10.2. The van der Waals surface area contributed by atoms with Crippen LogP contribution in [0.25, 0.3) is 10.2 Å². The largest absolute Gasteiger partial charge is 0.351 e. The van der Waals surface area contributed by atoms with Crippen molar-refractivity contribution in [1.29, 1.82) is 0 Å². The van der Waals surface area contributed by atoms with Gasteiger partial charge >= 0.3 is 0 Å². The smallest absolute Gasteiger partial charge is 0.230 e. The first kappa shape index (κ1) is 17.2. The Morgan fingerprint density at radius 1 is 1.33 bits per heavy atom. The number of fused-ring (bicyclic) bond motifs is 1. The summed E-state index contributed by atoms with van der Waals surface area (Å²) in [5.41, 5.74) is 0.910. The summed E-state index contributed by atoms with van der Waals surface area (Å²) < 4.78 is 0. The van der Waals surface area contributed by atoms with E-state index in [0.29, 0.717) is 17.3 Å². The highest BCUT2D eigenvalue weighted by Gasteiger charge is 2.11. The second kappa shape index (κ2) is 7.96. The maximum atomic E-state index is 12.1. The number of thiophene rings is 1. The number of hydrogen-bond acceptors (Lipinski definition) is 5. The first-order chi connectivity index (χ1) is 11.7. The standard InChI is InChI=1S/C17H16ClN3OS2/c1-2-12-7-13-16(20-10-21-17(13)24-12)23-9-15(22)19-8-11-5-3-4-6-14(11)18/h3-7,10H,2,8-9H2,1H3,(H,19,22). The Bertz CT molecular complexity index is 866. The summed E-state index contributed by atoms with van der Waals surface area (Å²) in [7, 11) is 0. The van der Waals surface area contributed by atoms with E-state index >= 15 is 0 Å². The Morgan fingerprint density at radius 3 is 2.96 bits per heavy atom. The number of aryl methyl sites for hydroxylation is 1. The third-order valence-corrected chi connectivity index (χ3v) is 6.03. The summed E-state index contributed by atoms with van der Waals surface area (Å²) >= 11 is 9.20. The van der Waals surface area contributed by atoms with E-state index in [0.717, 1.165) is 27.2 Å². The van der Waals surface area contributed by atoms with Crippen molar-refractivity contribution in [3.8, 4) is 0 Å². The highest BCUT2D eigenvalue weighted by molar-refractivity contribution is 8.00. The molecule has 3 aromatic rings. The zero-order chi connectivity index (χ0) is 16.9. The summed E-state index contributed by atoms with van der Waals surface area (Å²) in [5.74, 6) is 0.269. The van der Waals surface area contributed by atoms with Crippen LogP contribution in [-0.4, -0.2) is 21.6 Å². The average molecular weight is 378 g/mol. The zero-order valence-electron chi connectivity index (χ0n) is 13.1. The van der Waals surface area contributed by atoms with Crippen LogP contribution < -0.4 is 5.32 Å². The Labute approximate surface area is 153 Å². The molecule has 0 bridgehead atoms. The first-order valence-corrected chi connectivity index (χ1v) is 9.71. The van der Waals surface area contributed by atoms with Gasteiger partial charge in [0.1, 0.15) is 16.2 Å². The Kier molecular flexibility index (Phi) is 5.71. The molecule has 1 N–H and O–H groups in total. The van der Waals surface area contributed by atoms with E-state index in [2.05, 4.69) is 28.3 Å². The van der Waals surface area contributed by atoms with Gasteiger partial charge in [-0.05, 0) is 24.1 Å². The molecule has 0 aliphatic carbocycles. The molecule has 1 amide bonds. The molecular formula is C17H16ClN3OS2. The second-order valence-corrected chi connectivity index (χ2v) is 7.61. The lowest BCUT2D eigenvalue weighted by Gasteiger charge is -2.07. The zero-order valence-corrected chi connectivity index (χ0v) is 15.5. The van der Waals surface area contributed by atoms with Gasteiger partial charge in [0.25, 0.3) is 0 Å². The Balaban J connectivity index is 1.60. The fourth-order valence-corrected chi connectivity index (χ4v) is 4.20. The van der Waals surface area contributed by atoms with Crippen molar-refractivity contribution < 1.29 is 4.79 Å². The van der Waals surface area contributed by atoms with Crippen LogP contribution in [0.1, 0.15) is 17.4 Å². The van der Waals surface area contributed by atoms with Crippen molar-refractivity contribution in [2.45, 2.75) is 24.9 Å². The second-order valence-electron chi connectivity index (χ2n) is 5.12. The van der Waals surface area contributed by atoms with Crippen molar-refractivity contribution in [3.05, 3.63) is 52.1 Å². The quantitative estimate of drug-likeness (QED) is 0.513. The predicted octanol–water partition coefficient (Wildman–Crippen LogP) is 4.32. The molecule has 0 fully saturated rings. The van der Waals surface area contributed by atoms with Gasteiger partial charge in [-0.15, -0.1) is 11.3 Å². The highest BCUT2D eigenvalue weighted by atomic mass is 35.5. The van der Waals surface area contributed by atoms with Crippen molar-refractivity contribution >= 4 is 50.8 Å². The fraction of sp³-hybridized carbons (Fsp3) is 0.235. The predicted molar refractivity (Wildman–Crippen MR) is 101 cm³/mol. The van der Waals surface area contributed by atoms with E-state index in [9.17, 15) is 4.79 Å². The molecule has 3 rings (SSSR count). The molecule has 4 nitrogen and oxygen atoms in total. The van der Waals surface area contributed by atoms with Gasteiger partial charge < -0.3 is 5.32 Å². The maximum Gasteiger partial charge on any atom is 0.230 e. The van der Waals surface area contributed by atoms with Crippen molar-refractivity contribution in [2.24, 2.45) is 0 Å². The molecule has 1 aromatic carbocycles. The molecule has 2 aromatic heterocycles. The SMILES string of the molecule is CCc1cc2c(SCC(=O)NCc3ccccc3Cl)ncnc2s1. The molecule has 2 heterocycles. The van der Waals surface area contributed by atoms with Crippen LogP contribution in [-0.2, 0) is 17.8 Å². The van der Waals surface area contributed by atoms with E-state index in [1.54, 1.807) is 17.7 Å². The highest BCUT2D eigenvalue weighted by Crippen LogP contribution is 2.30. The van der Waals surface area contributed by atoms with Gasteiger partial charge in [-0.1, -0.05) is 48.5 Å². The Morgan fingerprint density at radius 2 is 2.17 bits per heavy atom. The summed E-state index contributed by atoms with van der Waals surface area (Å²) in [4.78, 5) is 22.9. The fourth-order valence-electron chi connectivity index (χ4n) is 2.19. The summed E-state index contributed by atoms with van der Waals surface area (Å²) in [6.45, 7) is 2.55. The molecule has 0 aliphatic rings. The summed E-state index contributed by atoms with van der Waals surface area (Å²) in [5, 5.41) is 5.43. The minimum atomic E-state index is -0.0439. The van der Waals surface area contributed by atoms with E-state index in [4.69, 9.17) is 11.6 Å². The third kappa shape index (κ3) is 4.06. The number of nitrogens with zero attached hydrogens (tertiary/aromatic N) is 2. The molecule has 0 atom stereocenters. The molecule has 0 saturated carbocycles. The normalized spacial score (nSPS) is 10.9. The molecule has 0 saturated heterocycles. The van der Waals surface area contributed by atoms with Gasteiger partial charge in [0, 0.05) is 21.8 Å². The van der Waals surface area contributed by atoms with E-state index in [1.165, 1.54) is 16.6 Å². The van der Waals surface area contributed by atoms with Crippen LogP contribution in [0.3, 0.4) is 0 Å². The molecule has 0 spiro atoms. The molecular weight excluding hydrogens is 362 g/mol. The third-order valence-electron chi connectivity index (χ3n) is 3.47. The number of amides is 1. The number of thioether (sulfide) groups is 1. The van der Waals surface area contributed by atoms with E-state index < -0.39 is 0 Å². The van der Waals surface area contributed by atoms with E-state index in [-0.39, 0.29) is 5.91 Å². The van der Waals surface area contributed by atoms with Crippen molar-refractivity contribution in [1.82, 2.24) is 15.3 Å². The monoisotopic (exact) mass is 377 g/mol. The molecule has 124 valence electrons. The van der Waals surface area contributed by atoms with Crippen LogP contribution in [0.2, 0.25) is 5.02 Å². The van der Waals surface area contributed by atoms with Crippen LogP contribution in [0.5, 0.6) is 0 Å². The number of hydrogen-bond donors (Lipinski definition) is 1. The van der Waals surface area contributed by atoms with Crippen LogP contribution >= 0.6 is 34.7 Å². The van der Waals surface area contributed by atoms with Crippen LogP contribution in [0, 0.1) is 0 Å². The van der Waals surface area contributed by atoms with Crippen molar-refractivity contribution in [2.75, 3.05) is 5.75 Å². The number of halogens is 1. The summed E-state index contributed by atoms with van der Waals surface area (Å²) in [6.07, 6.45) is 2.53. The molecule has 0 unspecified atom stereocenters. The van der Waals surface area contributed by atoms with E-state index in [1.807, 2.05) is 24.3 Å². The number of rotatable bonds is 6. The molecule has 24 heavy (non-hydrogen) atoms. The van der Waals surface area contributed by atoms with Gasteiger partial charge in [-0.3, -0.25) is 4.79 Å². The average Bonchev–Trinajstić information content (AvgIpc) is 3.03. The van der Waals surface area contributed by atoms with Gasteiger partial charge in [0.15, 0.2) is 0 Å². The maximum absolute atomic E-state index is 12.1. The molecule has 0 aliphatic heterocycles. The summed E-state index contributed by atoms with van der Waals surface area (Å²) in [6, 6.07) is 9.61. The van der Waals surface area contributed by atoms with Gasteiger partial charge in [-0.2, -0.15) is 0 Å². The lowest BCUT2D eigenvalue weighted by molar-refractivity contribution is -0.118. The number of benzene rings is 1. The van der Waals surface area contributed by atoms with Crippen molar-refractivity contribution in [3.63, 3.8) is 0 Å². The first-order valence-electron chi connectivity index (χ1n) is 7.53. The Hall–Kier alpha value is -1.63.